The first-order chi connectivity index (χ1) is 15.7. The van der Waals surface area contributed by atoms with Crippen LogP contribution < -0.4 is 4.90 Å². The Hall–Kier alpha value is -3.10. The number of carbonyl (C=O) groups is 1. The summed E-state index contributed by atoms with van der Waals surface area (Å²) in [4.78, 5) is 24.3. The standard InChI is InChI=1S/C25H25N3O3S2/c1-16(2)33(30,31)21-7-5-6-20(14-21)24(29)28(15-19-10-12-26-13-11-19)25-27-22-17(3)8-9-18(4)23(22)32-25/h5-14,16H,15H2,1-4H3. The molecular weight excluding hydrogens is 454 g/mol. The minimum atomic E-state index is -3.51. The smallest absolute Gasteiger partial charge is 0.260 e. The van der Waals surface area contributed by atoms with Crippen LogP contribution in [0.2, 0.25) is 0 Å². The van der Waals surface area contributed by atoms with E-state index in [1.165, 1.54) is 23.5 Å². The van der Waals surface area contributed by atoms with E-state index in [2.05, 4.69) is 11.1 Å². The summed E-state index contributed by atoms with van der Waals surface area (Å²) in [5.74, 6) is -0.304. The van der Waals surface area contributed by atoms with Gasteiger partial charge in [-0.2, -0.15) is 0 Å². The second-order valence-electron chi connectivity index (χ2n) is 8.24. The maximum atomic E-state index is 13.7. The van der Waals surface area contributed by atoms with Crippen LogP contribution in [0, 0.1) is 13.8 Å². The van der Waals surface area contributed by atoms with Crippen LogP contribution in [0.15, 0.2) is 65.8 Å². The van der Waals surface area contributed by atoms with Gasteiger partial charge >= 0.3 is 0 Å². The zero-order valence-corrected chi connectivity index (χ0v) is 20.6. The van der Waals surface area contributed by atoms with Crippen LogP contribution in [0.1, 0.15) is 40.9 Å². The molecule has 0 saturated heterocycles. The number of sulfone groups is 1. The molecule has 0 atom stereocenters. The molecule has 0 fully saturated rings. The van der Waals surface area contributed by atoms with Crippen molar-refractivity contribution in [1.29, 1.82) is 0 Å². The lowest BCUT2D eigenvalue weighted by Gasteiger charge is -2.20. The summed E-state index contributed by atoms with van der Waals surface area (Å²) < 4.78 is 26.4. The molecular formula is C25H25N3O3S2. The molecule has 0 aliphatic rings. The quantitative estimate of drug-likeness (QED) is 0.373. The van der Waals surface area contributed by atoms with E-state index < -0.39 is 15.1 Å². The number of aromatic nitrogens is 2. The fraction of sp³-hybridized carbons (Fsp3) is 0.240. The third-order valence-corrected chi connectivity index (χ3v) is 8.89. The van der Waals surface area contributed by atoms with E-state index in [0.717, 1.165) is 26.9 Å². The third kappa shape index (κ3) is 4.54. The van der Waals surface area contributed by atoms with Crippen molar-refractivity contribution in [3.63, 3.8) is 0 Å². The summed E-state index contributed by atoms with van der Waals surface area (Å²) in [6.45, 7) is 7.58. The number of carbonyl (C=O) groups excluding carboxylic acids is 1. The Balaban J connectivity index is 1.82. The van der Waals surface area contributed by atoms with Crippen molar-refractivity contribution in [2.75, 3.05) is 4.90 Å². The minimum absolute atomic E-state index is 0.142. The number of rotatable bonds is 6. The normalized spacial score (nSPS) is 11.8. The number of hydrogen-bond acceptors (Lipinski definition) is 6. The molecule has 170 valence electrons. The lowest BCUT2D eigenvalue weighted by atomic mass is 10.1. The highest BCUT2D eigenvalue weighted by molar-refractivity contribution is 7.92. The molecule has 0 saturated carbocycles. The number of aryl methyl sites for hydroxylation is 2. The number of anilines is 1. The molecule has 2 aromatic carbocycles. The first-order valence-electron chi connectivity index (χ1n) is 10.6. The molecule has 2 aromatic heterocycles. The van der Waals surface area contributed by atoms with Gasteiger partial charge in [-0.1, -0.05) is 29.5 Å². The van der Waals surface area contributed by atoms with Crippen LogP contribution in [0.4, 0.5) is 5.13 Å². The van der Waals surface area contributed by atoms with Gasteiger partial charge in [0.2, 0.25) is 0 Å². The zero-order chi connectivity index (χ0) is 23.8. The minimum Gasteiger partial charge on any atom is -0.279 e. The first kappa shape index (κ1) is 23.1. The molecule has 4 aromatic rings. The van der Waals surface area contributed by atoms with Gasteiger partial charge in [0.05, 0.1) is 26.9 Å². The SMILES string of the molecule is Cc1ccc(C)c2sc(N(Cc3ccncc3)C(=O)c3cccc(S(=O)(=O)C(C)C)c3)nc12. The van der Waals surface area contributed by atoms with Gasteiger partial charge in [0.15, 0.2) is 15.0 Å². The molecule has 2 heterocycles. The maximum absolute atomic E-state index is 13.7. The fourth-order valence-corrected chi connectivity index (χ4v) is 5.71. The summed E-state index contributed by atoms with van der Waals surface area (Å²) in [6.07, 6.45) is 3.36. The molecule has 4 rings (SSSR count). The average Bonchev–Trinajstić information content (AvgIpc) is 3.27. The summed E-state index contributed by atoms with van der Waals surface area (Å²) in [6, 6.07) is 14.0. The largest absolute Gasteiger partial charge is 0.279 e. The summed E-state index contributed by atoms with van der Waals surface area (Å²) in [5.41, 5.74) is 4.22. The van der Waals surface area contributed by atoms with E-state index in [9.17, 15) is 13.2 Å². The highest BCUT2D eigenvalue weighted by Crippen LogP contribution is 2.34. The molecule has 0 spiro atoms. The summed E-state index contributed by atoms with van der Waals surface area (Å²) in [5, 5.41) is -0.00711. The number of thiazole rings is 1. The van der Waals surface area contributed by atoms with Gasteiger partial charge in [0.25, 0.3) is 5.91 Å². The van der Waals surface area contributed by atoms with Crippen LogP contribution in [-0.2, 0) is 16.4 Å². The molecule has 0 N–H and O–H groups in total. The highest BCUT2D eigenvalue weighted by Gasteiger charge is 2.25. The van der Waals surface area contributed by atoms with Crippen LogP contribution in [0.5, 0.6) is 0 Å². The van der Waals surface area contributed by atoms with Crippen LogP contribution in [-0.4, -0.2) is 29.5 Å². The highest BCUT2D eigenvalue weighted by atomic mass is 32.2. The Labute approximate surface area is 197 Å². The number of nitrogens with zero attached hydrogens (tertiary/aromatic N) is 3. The second kappa shape index (κ2) is 9.03. The van der Waals surface area contributed by atoms with Crippen molar-refractivity contribution in [1.82, 2.24) is 9.97 Å². The Morgan fingerprint density at radius 3 is 2.39 bits per heavy atom. The molecule has 0 aliphatic carbocycles. The van der Waals surface area contributed by atoms with Gasteiger partial charge < -0.3 is 0 Å². The van der Waals surface area contributed by atoms with E-state index in [-0.39, 0.29) is 10.8 Å². The lowest BCUT2D eigenvalue weighted by Crippen LogP contribution is -2.30. The predicted molar refractivity (Wildman–Crippen MR) is 133 cm³/mol. The monoisotopic (exact) mass is 479 g/mol. The van der Waals surface area contributed by atoms with Crippen molar-refractivity contribution in [2.45, 2.75) is 44.4 Å². The van der Waals surface area contributed by atoms with Crippen molar-refractivity contribution in [3.8, 4) is 0 Å². The fourth-order valence-electron chi connectivity index (χ4n) is 3.49. The third-order valence-electron chi connectivity index (χ3n) is 5.53. The average molecular weight is 480 g/mol. The molecule has 0 bridgehead atoms. The van der Waals surface area contributed by atoms with Crippen LogP contribution in [0.3, 0.4) is 0 Å². The molecule has 8 heteroatoms. The number of benzene rings is 2. The van der Waals surface area contributed by atoms with Crippen LogP contribution >= 0.6 is 11.3 Å². The molecule has 0 aliphatic heterocycles. The Bertz CT molecular complexity index is 1390. The van der Waals surface area contributed by atoms with Gasteiger partial charge in [-0.3, -0.25) is 14.7 Å². The van der Waals surface area contributed by atoms with Gasteiger partial charge in [-0.25, -0.2) is 13.4 Å². The first-order valence-corrected chi connectivity index (χ1v) is 13.0. The molecule has 6 nitrogen and oxygen atoms in total. The Morgan fingerprint density at radius 1 is 1.03 bits per heavy atom. The number of pyridine rings is 1. The van der Waals surface area contributed by atoms with E-state index in [1.54, 1.807) is 43.3 Å². The molecule has 33 heavy (non-hydrogen) atoms. The van der Waals surface area contributed by atoms with Gasteiger partial charge in [-0.05, 0) is 74.7 Å². The number of hydrogen-bond donors (Lipinski definition) is 0. The molecule has 0 unspecified atom stereocenters. The van der Waals surface area contributed by atoms with E-state index >= 15 is 0 Å². The second-order valence-corrected chi connectivity index (χ2v) is 11.7. The molecule has 1 amide bonds. The van der Waals surface area contributed by atoms with Gasteiger partial charge in [0.1, 0.15) is 0 Å². The van der Waals surface area contributed by atoms with E-state index in [0.29, 0.717) is 17.2 Å². The van der Waals surface area contributed by atoms with Gasteiger partial charge in [-0.15, -0.1) is 0 Å². The van der Waals surface area contributed by atoms with Crippen molar-refractivity contribution < 1.29 is 13.2 Å². The number of fused-ring (bicyclic) bond motifs is 1. The topological polar surface area (TPSA) is 80.2 Å². The van der Waals surface area contributed by atoms with Crippen molar-refractivity contribution >= 4 is 42.4 Å². The van der Waals surface area contributed by atoms with E-state index in [4.69, 9.17) is 4.98 Å². The summed E-state index contributed by atoms with van der Waals surface area (Å²) >= 11 is 1.46. The van der Waals surface area contributed by atoms with Crippen LogP contribution in [0.25, 0.3) is 10.2 Å². The zero-order valence-electron chi connectivity index (χ0n) is 18.9. The van der Waals surface area contributed by atoms with E-state index in [1.807, 2.05) is 32.0 Å². The number of amides is 1. The van der Waals surface area contributed by atoms with Crippen molar-refractivity contribution in [3.05, 3.63) is 83.2 Å². The predicted octanol–water partition coefficient (Wildman–Crippen LogP) is 5.34. The molecule has 0 radical (unpaired) electrons. The van der Waals surface area contributed by atoms with Gasteiger partial charge in [0, 0.05) is 18.0 Å². The lowest BCUT2D eigenvalue weighted by molar-refractivity contribution is 0.0985. The Kier molecular flexibility index (Phi) is 6.32. The summed E-state index contributed by atoms with van der Waals surface area (Å²) in [7, 11) is -3.51. The van der Waals surface area contributed by atoms with Crippen molar-refractivity contribution in [2.24, 2.45) is 0 Å². The Morgan fingerprint density at radius 2 is 1.73 bits per heavy atom. The maximum Gasteiger partial charge on any atom is 0.260 e.